The third-order valence-corrected chi connectivity index (χ3v) is 2.72. The maximum absolute atomic E-state index is 11.9. The molecule has 1 atom stereocenters. The average Bonchev–Trinajstić information content (AvgIpc) is 2.72. The number of ether oxygens (including phenoxy) is 1. The molecule has 1 saturated heterocycles. The van der Waals surface area contributed by atoms with Crippen LogP contribution in [0.4, 0.5) is 0 Å². The average molecular weight is 239 g/mol. The van der Waals surface area contributed by atoms with E-state index >= 15 is 0 Å². The Morgan fingerprint density at radius 1 is 1.59 bits per heavy atom. The first kappa shape index (κ1) is 12.0. The van der Waals surface area contributed by atoms with Crippen LogP contribution in [0.2, 0.25) is 0 Å². The molecule has 94 valence electrons. The lowest BCUT2D eigenvalue weighted by atomic mass is 10.2. The first-order chi connectivity index (χ1) is 8.15. The zero-order chi connectivity index (χ0) is 12.3. The maximum Gasteiger partial charge on any atom is 0.227 e. The minimum atomic E-state index is 0.121. The Bertz CT molecular complexity index is 391. The van der Waals surface area contributed by atoms with Crippen molar-refractivity contribution in [3.63, 3.8) is 0 Å². The zero-order valence-electron chi connectivity index (χ0n) is 10.2. The van der Waals surface area contributed by atoms with Gasteiger partial charge in [-0.3, -0.25) is 4.79 Å². The van der Waals surface area contributed by atoms with Gasteiger partial charge in [0.25, 0.3) is 0 Å². The molecule has 1 aliphatic heterocycles. The highest BCUT2D eigenvalue weighted by molar-refractivity contribution is 5.76. The van der Waals surface area contributed by atoms with Gasteiger partial charge >= 0.3 is 0 Å². The largest absolute Gasteiger partial charge is 0.375 e. The van der Waals surface area contributed by atoms with E-state index in [2.05, 4.69) is 10.1 Å². The van der Waals surface area contributed by atoms with Gasteiger partial charge < -0.3 is 14.2 Å². The van der Waals surface area contributed by atoms with Crippen LogP contribution in [0.1, 0.15) is 25.1 Å². The smallest absolute Gasteiger partial charge is 0.227 e. The van der Waals surface area contributed by atoms with Gasteiger partial charge in [0.1, 0.15) is 0 Å². The van der Waals surface area contributed by atoms with E-state index in [-0.39, 0.29) is 12.0 Å². The summed E-state index contributed by atoms with van der Waals surface area (Å²) in [6.45, 7) is 5.69. The highest BCUT2D eigenvalue weighted by Gasteiger charge is 2.21. The van der Waals surface area contributed by atoms with Crippen LogP contribution in [-0.2, 0) is 16.0 Å². The van der Waals surface area contributed by atoms with Crippen LogP contribution in [0.25, 0.3) is 0 Å². The van der Waals surface area contributed by atoms with Gasteiger partial charge in [-0.2, -0.15) is 4.98 Å². The van der Waals surface area contributed by atoms with Crippen LogP contribution in [-0.4, -0.2) is 46.7 Å². The van der Waals surface area contributed by atoms with Gasteiger partial charge in [-0.05, 0) is 13.8 Å². The number of carbonyl (C=O) groups is 1. The third kappa shape index (κ3) is 3.26. The molecule has 0 saturated carbocycles. The van der Waals surface area contributed by atoms with Crippen LogP contribution in [0.3, 0.4) is 0 Å². The van der Waals surface area contributed by atoms with Crippen LogP contribution in [0, 0.1) is 6.92 Å². The molecule has 1 amide bonds. The van der Waals surface area contributed by atoms with Crippen LogP contribution in [0.15, 0.2) is 4.52 Å². The second-order valence-corrected chi connectivity index (χ2v) is 4.26. The first-order valence-electron chi connectivity index (χ1n) is 5.83. The normalized spacial score (nSPS) is 20.6. The minimum Gasteiger partial charge on any atom is -0.375 e. The van der Waals surface area contributed by atoms with Gasteiger partial charge in [0.15, 0.2) is 5.82 Å². The standard InChI is InChI=1S/C11H17N3O3/c1-8-7-14(5-6-16-8)11(15)4-3-10-12-9(2)13-17-10/h8H,3-7H2,1-2H3. The predicted octanol–water partition coefficient (Wildman–Crippen LogP) is 0.558. The van der Waals surface area contributed by atoms with Crippen molar-refractivity contribution in [2.75, 3.05) is 19.7 Å². The molecule has 1 aromatic heterocycles. The lowest BCUT2D eigenvalue weighted by Gasteiger charge is -2.31. The number of morpholine rings is 1. The van der Waals surface area contributed by atoms with E-state index in [0.717, 1.165) is 0 Å². The maximum atomic E-state index is 11.9. The molecule has 2 heterocycles. The van der Waals surface area contributed by atoms with Crippen molar-refractivity contribution in [3.05, 3.63) is 11.7 Å². The quantitative estimate of drug-likeness (QED) is 0.770. The predicted molar refractivity (Wildman–Crippen MR) is 59.4 cm³/mol. The Balaban J connectivity index is 1.80. The summed E-state index contributed by atoms with van der Waals surface area (Å²) >= 11 is 0. The van der Waals surface area contributed by atoms with E-state index < -0.39 is 0 Å². The molecule has 6 heteroatoms. The molecule has 0 aromatic carbocycles. The fourth-order valence-electron chi connectivity index (χ4n) is 1.86. The molecule has 0 aliphatic carbocycles. The molecule has 1 aromatic rings. The summed E-state index contributed by atoms with van der Waals surface area (Å²) in [7, 11) is 0. The molecule has 0 N–H and O–H groups in total. The summed E-state index contributed by atoms with van der Waals surface area (Å²) in [4.78, 5) is 17.8. The monoisotopic (exact) mass is 239 g/mol. The zero-order valence-corrected chi connectivity index (χ0v) is 10.2. The van der Waals surface area contributed by atoms with Gasteiger partial charge in [-0.25, -0.2) is 0 Å². The number of rotatable bonds is 3. The van der Waals surface area contributed by atoms with Crippen molar-refractivity contribution < 1.29 is 14.1 Å². The molecule has 1 unspecified atom stereocenters. The molecule has 2 rings (SSSR count). The lowest BCUT2D eigenvalue weighted by molar-refractivity contribution is -0.138. The van der Waals surface area contributed by atoms with Crippen molar-refractivity contribution >= 4 is 5.91 Å². The molecule has 1 fully saturated rings. The van der Waals surface area contributed by atoms with Gasteiger partial charge in [-0.15, -0.1) is 0 Å². The van der Waals surface area contributed by atoms with Crippen molar-refractivity contribution in [2.24, 2.45) is 0 Å². The summed E-state index contributed by atoms with van der Waals surface area (Å²) in [5.41, 5.74) is 0. The molecular weight excluding hydrogens is 222 g/mol. The molecule has 0 radical (unpaired) electrons. The Morgan fingerprint density at radius 2 is 2.41 bits per heavy atom. The van der Waals surface area contributed by atoms with Gasteiger partial charge in [0.05, 0.1) is 12.7 Å². The fraction of sp³-hybridized carbons (Fsp3) is 0.727. The Kier molecular flexibility index (Phi) is 3.73. The van der Waals surface area contributed by atoms with Gasteiger partial charge in [0.2, 0.25) is 11.8 Å². The number of aryl methyl sites for hydroxylation is 2. The Labute approximate surface area is 99.9 Å². The second kappa shape index (κ2) is 5.27. The lowest BCUT2D eigenvalue weighted by Crippen LogP contribution is -2.44. The van der Waals surface area contributed by atoms with Crippen molar-refractivity contribution in [3.8, 4) is 0 Å². The van der Waals surface area contributed by atoms with Gasteiger partial charge in [0, 0.05) is 25.9 Å². The second-order valence-electron chi connectivity index (χ2n) is 4.26. The van der Waals surface area contributed by atoms with E-state index in [0.29, 0.717) is 44.3 Å². The summed E-state index contributed by atoms with van der Waals surface area (Å²) in [5.74, 6) is 1.25. The molecular formula is C11H17N3O3. The summed E-state index contributed by atoms with van der Waals surface area (Å²) in [5, 5.41) is 3.69. The number of hydrogen-bond donors (Lipinski definition) is 0. The number of nitrogens with zero attached hydrogens (tertiary/aromatic N) is 3. The molecule has 6 nitrogen and oxygen atoms in total. The number of carbonyl (C=O) groups excluding carboxylic acids is 1. The number of aromatic nitrogens is 2. The van der Waals surface area contributed by atoms with E-state index in [9.17, 15) is 4.79 Å². The summed E-state index contributed by atoms with van der Waals surface area (Å²) in [6, 6.07) is 0. The minimum absolute atomic E-state index is 0.121. The van der Waals surface area contributed by atoms with E-state index in [4.69, 9.17) is 9.26 Å². The number of hydrogen-bond acceptors (Lipinski definition) is 5. The highest BCUT2D eigenvalue weighted by atomic mass is 16.5. The van der Waals surface area contributed by atoms with E-state index in [1.807, 2.05) is 11.8 Å². The molecule has 1 aliphatic rings. The van der Waals surface area contributed by atoms with Crippen molar-refractivity contribution in [2.45, 2.75) is 32.8 Å². The Morgan fingerprint density at radius 3 is 3.06 bits per heavy atom. The molecule has 17 heavy (non-hydrogen) atoms. The molecule has 0 bridgehead atoms. The van der Waals surface area contributed by atoms with Crippen LogP contribution in [0.5, 0.6) is 0 Å². The highest BCUT2D eigenvalue weighted by Crippen LogP contribution is 2.08. The van der Waals surface area contributed by atoms with Gasteiger partial charge in [-0.1, -0.05) is 5.16 Å². The first-order valence-corrected chi connectivity index (χ1v) is 5.83. The number of amides is 1. The Hall–Kier alpha value is -1.43. The molecule has 0 spiro atoms. The van der Waals surface area contributed by atoms with Crippen LogP contribution < -0.4 is 0 Å². The summed E-state index contributed by atoms with van der Waals surface area (Å²) < 4.78 is 10.4. The van der Waals surface area contributed by atoms with Crippen molar-refractivity contribution in [1.82, 2.24) is 15.0 Å². The fourth-order valence-corrected chi connectivity index (χ4v) is 1.86. The van der Waals surface area contributed by atoms with E-state index in [1.165, 1.54) is 0 Å². The SMILES string of the molecule is Cc1noc(CCC(=O)N2CCOC(C)C2)n1. The van der Waals surface area contributed by atoms with E-state index in [1.54, 1.807) is 6.92 Å². The topological polar surface area (TPSA) is 68.5 Å². The van der Waals surface area contributed by atoms with Crippen molar-refractivity contribution in [1.29, 1.82) is 0 Å². The third-order valence-electron chi connectivity index (χ3n) is 2.72. The summed E-state index contributed by atoms with van der Waals surface area (Å²) in [6.07, 6.45) is 1.04. The van der Waals surface area contributed by atoms with Crippen LogP contribution >= 0.6 is 0 Å².